The van der Waals surface area contributed by atoms with E-state index in [1.807, 2.05) is 38.1 Å². The fourth-order valence-corrected chi connectivity index (χ4v) is 4.52. The number of benzene rings is 2. The maximum Gasteiger partial charge on any atom is 0.247 e. The summed E-state index contributed by atoms with van der Waals surface area (Å²) >= 11 is 0. The molecule has 3 heterocycles. The molecule has 0 unspecified atom stereocenters. The Morgan fingerprint density at radius 1 is 1.13 bits per heavy atom. The smallest absolute Gasteiger partial charge is 0.247 e. The number of β-amino-alcohol motifs (C(OH)–C–C–N with tert-alkyl or cyclic N) is 1. The highest BCUT2D eigenvalue weighted by Crippen LogP contribution is 2.30. The molecule has 10 nitrogen and oxygen atoms in total. The summed E-state index contributed by atoms with van der Waals surface area (Å²) in [5, 5.41) is 20.2. The van der Waals surface area contributed by atoms with Crippen molar-refractivity contribution in [1.82, 2.24) is 20.0 Å². The standard InChI is InChI=1S/C28H31N7O3/c1-4-24(36)30-21-7-5-6-19(16-21)26-25-23(33-38-26)17-29-27(32-25)31-20-8-10-22(11-9-20)35-14-12-34(13-15-35)18-28(2,3)37/h4-11,16-17,37H,1,12-15,18H2,2-3H3,(H,30,36)(H,31,32). The van der Waals surface area contributed by atoms with E-state index in [0.29, 0.717) is 35.0 Å². The van der Waals surface area contributed by atoms with Crippen LogP contribution < -0.4 is 15.5 Å². The lowest BCUT2D eigenvalue weighted by Crippen LogP contribution is -2.50. The van der Waals surface area contributed by atoms with E-state index in [-0.39, 0.29) is 5.91 Å². The van der Waals surface area contributed by atoms with Crippen molar-refractivity contribution in [2.24, 2.45) is 0 Å². The lowest BCUT2D eigenvalue weighted by molar-refractivity contribution is -0.111. The van der Waals surface area contributed by atoms with Crippen LogP contribution in [-0.4, -0.2) is 69.4 Å². The van der Waals surface area contributed by atoms with Gasteiger partial charge in [0.05, 0.1) is 11.8 Å². The van der Waals surface area contributed by atoms with Crippen molar-refractivity contribution < 1.29 is 14.4 Å². The average Bonchev–Trinajstić information content (AvgIpc) is 3.32. The molecule has 0 saturated carbocycles. The molecule has 2 aromatic carbocycles. The van der Waals surface area contributed by atoms with Crippen LogP contribution in [0.5, 0.6) is 0 Å². The molecular formula is C28H31N7O3. The van der Waals surface area contributed by atoms with Crippen LogP contribution in [0.15, 0.2) is 71.9 Å². The first-order chi connectivity index (χ1) is 18.3. The third-order valence-corrected chi connectivity index (χ3v) is 6.27. The van der Waals surface area contributed by atoms with E-state index in [9.17, 15) is 9.90 Å². The maximum atomic E-state index is 11.7. The zero-order valence-electron chi connectivity index (χ0n) is 21.5. The highest BCUT2D eigenvalue weighted by Gasteiger charge is 2.23. The second kappa shape index (κ2) is 10.6. The quantitative estimate of drug-likeness (QED) is 0.300. The van der Waals surface area contributed by atoms with E-state index in [0.717, 1.165) is 43.1 Å². The molecule has 1 aliphatic heterocycles. The van der Waals surface area contributed by atoms with Gasteiger partial charge in [0.2, 0.25) is 11.9 Å². The number of anilines is 4. The minimum Gasteiger partial charge on any atom is -0.389 e. The number of hydrogen-bond donors (Lipinski definition) is 3. The summed E-state index contributed by atoms with van der Waals surface area (Å²) in [5.41, 5.74) is 3.77. The number of carbonyl (C=O) groups is 1. The Labute approximate surface area is 221 Å². The molecule has 2 aromatic heterocycles. The summed E-state index contributed by atoms with van der Waals surface area (Å²) in [7, 11) is 0. The molecule has 0 bridgehead atoms. The summed E-state index contributed by atoms with van der Waals surface area (Å²) in [6, 6.07) is 15.4. The molecule has 4 aromatic rings. The molecule has 0 spiro atoms. The number of carbonyl (C=O) groups excluding carboxylic acids is 1. The second-order valence-corrected chi connectivity index (χ2v) is 9.96. The Morgan fingerprint density at radius 3 is 2.61 bits per heavy atom. The lowest BCUT2D eigenvalue weighted by Gasteiger charge is -2.38. The number of hydrogen-bond acceptors (Lipinski definition) is 9. The summed E-state index contributed by atoms with van der Waals surface area (Å²) in [5.74, 6) is 0.614. The number of aromatic nitrogens is 3. The number of nitrogens with one attached hydrogen (secondary N) is 2. The number of nitrogens with zero attached hydrogens (tertiary/aromatic N) is 5. The van der Waals surface area contributed by atoms with Crippen LogP contribution in [0.1, 0.15) is 13.8 Å². The summed E-state index contributed by atoms with van der Waals surface area (Å²) in [6.45, 7) is 11.5. The molecule has 10 heteroatoms. The molecule has 1 aliphatic rings. The predicted molar refractivity (Wildman–Crippen MR) is 149 cm³/mol. The van der Waals surface area contributed by atoms with E-state index < -0.39 is 5.60 Å². The summed E-state index contributed by atoms with van der Waals surface area (Å²) in [4.78, 5) is 25.3. The van der Waals surface area contributed by atoms with Crippen molar-refractivity contribution in [2.75, 3.05) is 48.3 Å². The number of aliphatic hydroxyl groups is 1. The van der Waals surface area contributed by atoms with Gasteiger partial charge in [0.25, 0.3) is 0 Å². The topological polar surface area (TPSA) is 120 Å². The molecule has 3 N–H and O–H groups in total. The van der Waals surface area contributed by atoms with Crippen molar-refractivity contribution in [2.45, 2.75) is 19.4 Å². The summed E-state index contributed by atoms with van der Waals surface area (Å²) < 4.78 is 5.57. The van der Waals surface area contributed by atoms with Gasteiger partial charge in [-0.1, -0.05) is 23.9 Å². The van der Waals surface area contributed by atoms with E-state index in [1.54, 1.807) is 18.3 Å². The largest absolute Gasteiger partial charge is 0.389 e. The van der Waals surface area contributed by atoms with Crippen LogP contribution in [0.4, 0.5) is 23.0 Å². The van der Waals surface area contributed by atoms with Gasteiger partial charge in [0.15, 0.2) is 11.3 Å². The average molecular weight is 514 g/mol. The van der Waals surface area contributed by atoms with Gasteiger partial charge >= 0.3 is 0 Å². The number of piperazine rings is 1. The van der Waals surface area contributed by atoms with Crippen LogP contribution in [0.2, 0.25) is 0 Å². The first kappa shape index (κ1) is 25.4. The van der Waals surface area contributed by atoms with Crippen molar-refractivity contribution in [3.05, 3.63) is 67.4 Å². The van der Waals surface area contributed by atoms with Crippen LogP contribution in [0.25, 0.3) is 22.4 Å². The van der Waals surface area contributed by atoms with Crippen LogP contribution in [-0.2, 0) is 4.79 Å². The van der Waals surface area contributed by atoms with E-state index >= 15 is 0 Å². The van der Waals surface area contributed by atoms with Gasteiger partial charge in [0.1, 0.15) is 5.52 Å². The molecule has 0 aliphatic carbocycles. The van der Waals surface area contributed by atoms with Gasteiger partial charge < -0.3 is 25.2 Å². The van der Waals surface area contributed by atoms with Gasteiger partial charge in [-0.3, -0.25) is 9.69 Å². The molecule has 0 radical (unpaired) electrons. The molecule has 38 heavy (non-hydrogen) atoms. The van der Waals surface area contributed by atoms with Gasteiger partial charge in [-0.15, -0.1) is 0 Å². The monoisotopic (exact) mass is 513 g/mol. The Morgan fingerprint density at radius 2 is 1.89 bits per heavy atom. The lowest BCUT2D eigenvalue weighted by atomic mass is 10.1. The maximum absolute atomic E-state index is 11.7. The van der Waals surface area contributed by atoms with Crippen molar-refractivity contribution in [1.29, 1.82) is 0 Å². The summed E-state index contributed by atoms with van der Waals surface area (Å²) in [6.07, 6.45) is 2.83. The third-order valence-electron chi connectivity index (χ3n) is 6.27. The van der Waals surface area contributed by atoms with Gasteiger partial charge in [-0.05, 0) is 56.3 Å². The second-order valence-electron chi connectivity index (χ2n) is 9.96. The third kappa shape index (κ3) is 5.99. The van der Waals surface area contributed by atoms with Crippen molar-refractivity contribution in [3.63, 3.8) is 0 Å². The van der Waals surface area contributed by atoms with E-state index in [2.05, 4.69) is 54.3 Å². The van der Waals surface area contributed by atoms with Gasteiger partial charge in [-0.25, -0.2) is 9.97 Å². The normalized spacial score (nSPS) is 14.4. The zero-order valence-corrected chi connectivity index (χ0v) is 21.5. The number of fused-ring (bicyclic) bond motifs is 1. The first-order valence-electron chi connectivity index (χ1n) is 12.5. The minimum atomic E-state index is -0.680. The van der Waals surface area contributed by atoms with Crippen LogP contribution in [0.3, 0.4) is 0 Å². The Bertz CT molecular complexity index is 1440. The fraction of sp³-hybridized carbons (Fsp3) is 0.286. The Kier molecular flexibility index (Phi) is 7.08. The Balaban J connectivity index is 1.28. The molecule has 0 atom stereocenters. The molecule has 196 valence electrons. The van der Waals surface area contributed by atoms with E-state index in [4.69, 9.17) is 4.52 Å². The molecule has 1 amide bonds. The molecule has 1 fully saturated rings. The van der Waals surface area contributed by atoms with E-state index in [1.165, 1.54) is 6.08 Å². The highest BCUT2D eigenvalue weighted by atomic mass is 16.5. The minimum absolute atomic E-state index is 0.294. The van der Waals surface area contributed by atoms with Crippen LogP contribution in [0, 0.1) is 0 Å². The molecule has 1 saturated heterocycles. The highest BCUT2D eigenvalue weighted by molar-refractivity contribution is 5.99. The number of amides is 1. The molecular weight excluding hydrogens is 482 g/mol. The number of rotatable bonds is 8. The first-order valence-corrected chi connectivity index (χ1v) is 12.5. The van der Waals surface area contributed by atoms with Crippen molar-refractivity contribution >= 4 is 40.0 Å². The van der Waals surface area contributed by atoms with Crippen LogP contribution >= 0.6 is 0 Å². The zero-order chi connectivity index (χ0) is 26.7. The SMILES string of the molecule is C=CC(=O)Nc1cccc(-c2onc3cnc(Nc4ccc(N5CCN(CC(C)(C)O)CC5)cc4)nc23)c1. The fourth-order valence-electron chi connectivity index (χ4n) is 4.52. The van der Waals surface area contributed by atoms with Crippen molar-refractivity contribution in [3.8, 4) is 11.3 Å². The predicted octanol–water partition coefficient (Wildman–Crippen LogP) is 4.05. The Hall–Kier alpha value is -4.28. The van der Waals surface area contributed by atoms with Gasteiger partial charge in [-0.2, -0.15) is 0 Å². The van der Waals surface area contributed by atoms with Gasteiger partial charge in [0, 0.05) is 55.3 Å². The molecule has 5 rings (SSSR count).